The van der Waals surface area contributed by atoms with Crippen LogP contribution in [-0.2, 0) is 6.42 Å². The first kappa shape index (κ1) is 15.9. The number of guanidine groups is 1. The highest BCUT2D eigenvalue weighted by atomic mass is 16.5. The summed E-state index contributed by atoms with van der Waals surface area (Å²) < 4.78 is 5.20. The zero-order valence-electron chi connectivity index (χ0n) is 14.0. The van der Waals surface area contributed by atoms with E-state index in [9.17, 15) is 0 Å². The zero-order chi connectivity index (χ0) is 16.9. The number of rotatable bonds is 5. The van der Waals surface area contributed by atoms with Crippen LogP contribution < -0.4 is 15.8 Å². The molecule has 0 saturated carbocycles. The maximum absolute atomic E-state index is 5.98. The predicted octanol–water partition coefficient (Wildman–Crippen LogP) is 3.45. The molecular formula is C19H22N4O. The van der Waals surface area contributed by atoms with Crippen LogP contribution in [0.15, 0.2) is 53.5 Å². The normalized spacial score (nSPS) is 11.7. The summed E-state index contributed by atoms with van der Waals surface area (Å²) in [6.07, 6.45) is 0.844. The first-order valence-corrected chi connectivity index (χ1v) is 7.94. The van der Waals surface area contributed by atoms with Crippen molar-refractivity contribution in [3.05, 3.63) is 59.8 Å². The van der Waals surface area contributed by atoms with Crippen LogP contribution in [0.2, 0.25) is 0 Å². The van der Waals surface area contributed by atoms with Gasteiger partial charge in [-0.25, -0.2) is 0 Å². The average molecular weight is 322 g/mol. The summed E-state index contributed by atoms with van der Waals surface area (Å²) in [4.78, 5) is 7.83. The quantitative estimate of drug-likeness (QED) is 0.497. The summed E-state index contributed by atoms with van der Waals surface area (Å²) >= 11 is 0. The second-order valence-corrected chi connectivity index (χ2v) is 5.65. The van der Waals surface area contributed by atoms with Gasteiger partial charge in [0.2, 0.25) is 0 Å². The van der Waals surface area contributed by atoms with Gasteiger partial charge in [0.1, 0.15) is 5.75 Å². The fourth-order valence-corrected chi connectivity index (χ4v) is 2.83. The predicted molar refractivity (Wildman–Crippen MR) is 99.8 cm³/mol. The van der Waals surface area contributed by atoms with Gasteiger partial charge < -0.3 is 20.8 Å². The number of nitrogens with two attached hydrogens (primary N) is 1. The number of ether oxygens (including phenoxy) is 1. The number of H-pyrrole nitrogens is 1. The molecule has 0 bridgehead atoms. The lowest BCUT2D eigenvalue weighted by atomic mass is 10.1. The Bertz CT molecular complexity index is 867. The van der Waals surface area contributed by atoms with E-state index in [0.717, 1.165) is 23.4 Å². The Morgan fingerprint density at radius 3 is 2.88 bits per heavy atom. The highest BCUT2D eigenvalue weighted by molar-refractivity contribution is 5.92. The van der Waals surface area contributed by atoms with Crippen molar-refractivity contribution in [1.82, 2.24) is 4.98 Å². The Kier molecular flexibility index (Phi) is 4.70. The van der Waals surface area contributed by atoms with Crippen molar-refractivity contribution in [2.24, 2.45) is 10.7 Å². The van der Waals surface area contributed by atoms with Crippen molar-refractivity contribution < 1.29 is 4.74 Å². The topological polar surface area (TPSA) is 75.4 Å². The molecule has 1 aromatic heterocycles. The molecule has 5 nitrogen and oxygen atoms in total. The molecule has 0 fully saturated rings. The minimum Gasteiger partial charge on any atom is -0.497 e. The average Bonchev–Trinajstić information content (AvgIpc) is 2.91. The fourth-order valence-electron chi connectivity index (χ4n) is 2.83. The van der Waals surface area contributed by atoms with Crippen LogP contribution in [0.5, 0.6) is 5.75 Å². The molecule has 0 unspecified atom stereocenters. The number of methoxy groups -OCH3 is 1. The van der Waals surface area contributed by atoms with E-state index < -0.39 is 0 Å². The van der Waals surface area contributed by atoms with Gasteiger partial charge in [0.15, 0.2) is 5.96 Å². The Morgan fingerprint density at radius 2 is 2.04 bits per heavy atom. The van der Waals surface area contributed by atoms with E-state index in [1.807, 2.05) is 30.3 Å². The maximum Gasteiger partial charge on any atom is 0.193 e. The van der Waals surface area contributed by atoms with Crippen LogP contribution in [0.4, 0.5) is 5.69 Å². The summed E-state index contributed by atoms with van der Waals surface area (Å²) in [7, 11) is 1.64. The van der Waals surface area contributed by atoms with Crippen LogP contribution in [0.1, 0.15) is 11.3 Å². The number of anilines is 1. The Labute approximate surface area is 141 Å². The zero-order valence-corrected chi connectivity index (χ0v) is 14.0. The second-order valence-electron chi connectivity index (χ2n) is 5.65. The molecule has 0 amide bonds. The summed E-state index contributed by atoms with van der Waals surface area (Å²) in [6, 6.07) is 15.9. The summed E-state index contributed by atoms with van der Waals surface area (Å²) in [6.45, 7) is 2.72. The molecule has 0 saturated heterocycles. The fraction of sp³-hybridized carbons (Fsp3) is 0.211. The molecule has 0 radical (unpaired) electrons. The van der Waals surface area contributed by atoms with Crippen LogP contribution in [-0.4, -0.2) is 24.6 Å². The van der Waals surface area contributed by atoms with E-state index in [2.05, 4.69) is 40.4 Å². The third-order valence-electron chi connectivity index (χ3n) is 4.01. The molecular weight excluding hydrogens is 300 g/mol. The van der Waals surface area contributed by atoms with Crippen molar-refractivity contribution in [3.63, 3.8) is 0 Å². The molecule has 5 heteroatoms. The number of para-hydroxylation sites is 1. The largest absolute Gasteiger partial charge is 0.497 e. The van der Waals surface area contributed by atoms with Crippen molar-refractivity contribution in [1.29, 1.82) is 0 Å². The maximum atomic E-state index is 5.98. The molecule has 0 aliphatic heterocycles. The lowest BCUT2D eigenvalue weighted by Crippen LogP contribution is -2.23. The molecule has 3 aromatic rings. The van der Waals surface area contributed by atoms with E-state index in [1.165, 1.54) is 16.6 Å². The monoisotopic (exact) mass is 322 g/mol. The molecule has 24 heavy (non-hydrogen) atoms. The van der Waals surface area contributed by atoms with Crippen LogP contribution in [0, 0.1) is 6.92 Å². The summed E-state index contributed by atoms with van der Waals surface area (Å²) in [5.74, 6) is 1.18. The van der Waals surface area contributed by atoms with Gasteiger partial charge in [0.25, 0.3) is 0 Å². The van der Waals surface area contributed by atoms with Crippen molar-refractivity contribution >= 4 is 22.5 Å². The molecule has 0 spiro atoms. The van der Waals surface area contributed by atoms with E-state index in [-0.39, 0.29) is 0 Å². The minimum absolute atomic E-state index is 0.403. The van der Waals surface area contributed by atoms with E-state index >= 15 is 0 Å². The van der Waals surface area contributed by atoms with Gasteiger partial charge in [-0.3, -0.25) is 4.99 Å². The van der Waals surface area contributed by atoms with Gasteiger partial charge in [-0.05, 0) is 37.1 Å². The van der Waals surface area contributed by atoms with Crippen LogP contribution in [0.3, 0.4) is 0 Å². The van der Waals surface area contributed by atoms with Crippen LogP contribution in [0.25, 0.3) is 10.9 Å². The third kappa shape index (κ3) is 3.51. The van der Waals surface area contributed by atoms with Crippen molar-refractivity contribution in [2.45, 2.75) is 13.3 Å². The van der Waals surface area contributed by atoms with Gasteiger partial charge in [-0.2, -0.15) is 0 Å². The van der Waals surface area contributed by atoms with Gasteiger partial charge in [-0.15, -0.1) is 0 Å². The first-order valence-electron chi connectivity index (χ1n) is 7.94. The Balaban J connectivity index is 1.65. The summed E-state index contributed by atoms with van der Waals surface area (Å²) in [5, 5.41) is 4.34. The Morgan fingerprint density at radius 1 is 1.21 bits per heavy atom. The van der Waals surface area contributed by atoms with Gasteiger partial charge in [0, 0.05) is 34.9 Å². The highest BCUT2D eigenvalue weighted by Crippen LogP contribution is 2.22. The Hall–Kier alpha value is -2.95. The molecule has 0 aliphatic rings. The SMILES string of the molecule is COc1cccc(NC(N)=NCCc2c(C)[nH]c3ccccc23)c1. The standard InChI is InChI=1S/C19H22N4O/c1-13-16(17-8-3-4-9-18(17)22-13)10-11-21-19(20)23-14-6-5-7-15(12-14)24-2/h3-9,12,22H,10-11H2,1-2H3,(H3,20,21,23). The first-order chi connectivity index (χ1) is 11.7. The number of aliphatic imine (C=N–C) groups is 1. The minimum atomic E-state index is 0.403. The number of aryl methyl sites for hydroxylation is 1. The number of nitrogens with one attached hydrogen (secondary N) is 2. The molecule has 1 heterocycles. The number of benzene rings is 2. The highest BCUT2D eigenvalue weighted by Gasteiger charge is 2.07. The number of fused-ring (bicyclic) bond motifs is 1. The van der Waals surface area contributed by atoms with Gasteiger partial charge in [-0.1, -0.05) is 24.3 Å². The number of aromatic nitrogens is 1. The van der Waals surface area contributed by atoms with Gasteiger partial charge in [0.05, 0.1) is 7.11 Å². The number of nitrogens with zero attached hydrogens (tertiary/aromatic N) is 1. The lowest BCUT2D eigenvalue weighted by Gasteiger charge is -2.07. The van der Waals surface area contributed by atoms with Crippen molar-refractivity contribution in [3.8, 4) is 5.75 Å². The van der Waals surface area contributed by atoms with E-state index in [1.54, 1.807) is 7.11 Å². The summed E-state index contributed by atoms with van der Waals surface area (Å²) in [5.41, 5.74) is 10.5. The molecule has 2 aromatic carbocycles. The molecule has 124 valence electrons. The van der Waals surface area contributed by atoms with E-state index in [0.29, 0.717) is 12.5 Å². The molecule has 0 atom stereocenters. The third-order valence-corrected chi connectivity index (χ3v) is 4.01. The smallest absolute Gasteiger partial charge is 0.193 e. The lowest BCUT2D eigenvalue weighted by molar-refractivity contribution is 0.415. The molecule has 0 aliphatic carbocycles. The van der Waals surface area contributed by atoms with Gasteiger partial charge >= 0.3 is 0 Å². The number of hydrogen-bond donors (Lipinski definition) is 3. The molecule has 4 N–H and O–H groups in total. The number of hydrogen-bond acceptors (Lipinski definition) is 2. The molecule has 3 rings (SSSR count). The second kappa shape index (κ2) is 7.08. The van der Waals surface area contributed by atoms with E-state index in [4.69, 9.17) is 10.5 Å². The van der Waals surface area contributed by atoms with Crippen molar-refractivity contribution in [2.75, 3.05) is 19.0 Å². The van der Waals surface area contributed by atoms with Crippen LogP contribution >= 0.6 is 0 Å². The number of aromatic amines is 1.